The van der Waals surface area contributed by atoms with Gasteiger partial charge < -0.3 is 20.9 Å². The van der Waals surface area contributed by atoms with Gasteiger partial charge in [-0.1, -0.05) is 102 Å². The topological polar surface area (TPSA) is 73.5 Å². The van der Waals surface area contributed by atoms with Crippen molar-refractivity contribution in [3.8, 4) is 0 Å². The number of amides is 2. The van der Waals surface area contributed by atoms with E-state index in [4.69, 9.17) is 11.6 Å². The summed E-state index contributed by atoms with van der Waals surface area (Å²) in [5, 5.41) is 10.9. The molecule has 3 N–H and O–H groups in total. The van der Waals surface area contributed by atoms with Gasteiger partial charge in [0.2, 0.25) is 5.91 Å². The molecule has 0 aromatic heterocycles. The van der Waals surface area contributed by atoms with Crippen LogP contribution in [0, 0.1) is 0 Å². The van der Waals surface area contributed by atoms with Crippen molar-refractivity contribution in [3.63, 3.8) is 0 Å². The summed E-state index contributed by atoms with van der Waals surface area (Å²) in [5.74, 6) is 0.294. The van der Waals surface area contributed by atoms with Gasteiger partial charge in [-0.05, 0) is 60.7 Å². The molecule has 218 valence electrons. The number of nitrogens with zero attached hydrogens (tertiary/aromatic N) is 1. The number of alkyl halides is 1. The highest BCUT2D eigenvalue weighted by Crippen LogP contribution is 2.23. The molecule has 1 heterocycles. The fourth-order valence-electron chi connectivity index (χ4n) is 5.30. The second-order valence-corrected chi connectivity index (χ2v) is 11.8. The van der Waals surface area contributed by atoms with Crippen molar-refractivity contribution >= 4 is 46.0 Å². The van der Waals surface area contributed by atoms with Crippen molar-refractivity contribution < 1.29 is 9.59 Å². The number of hydrogen-bond donors (Lipinski definition) is 3. The monoisotopic (exact) mass is 686 g/mol. The van der Waals surface area contributed by atoms with Crippen molar-refractivity contribution in [2.75, 3.05) is 26.2 Å². The smallest absolute Gasteiger partial charge is 0.251 e. The number of carbonyl (C=O) groups is 2. The Morgan fingerprint density at radius 1 is 1.10 bits per heavy atom. The van der Waals surface area contributed by atoms with E-state index < -0.39 is 0 Å². The van der Waals surface area contributed by atoms with E-state index in [-0.39, 0.29) is 29.8 Å². The van der Waals surface area contributed by atoms with Crippen molar-refractivity contribution in [1.29, 1.82) is 0 Å². The van der Waals surface area contributed by atoms with Crippen molar-refractivity contribution in [1.82, 2.24) is 20.9 Å². The van der Waals surface area contributed by atoms with Crippen LogP contribution in [0.3, 0.4) is 0 Å². The molecule has 1 fully saturated rings. The standard InChI is InChI=1S/C33H40ClIN4O2/c1-2-25(26-11-7-4-8-12-26)23-39-18-16-29(22-37-32(40)27-13-14-30(34)28(19-27)20-35)38-31(33(39)41)15-17-36-21-24-9-5-3-6-10-24/h3-14,19,25,29,31,36,38H,2,15-18,20-23H2,1H3,(H,37,40)/t25-,29+,31+/m1/s1. The van der Waals surface area contributed by atoms with E-state index in [2.05, 4.69) is 81.9 Å². The minimum Gasteiger partial charge on any atom is -0.350 e. The number of nitrogens with one attached hydrogen (secondary N) is 3. The Kier molecular flexibility index (Phi) is 12.5. The lowest BCUT2D eigenvalue weighted by molar-refractivity contribution is -0.133. The molecule has 0 bridgehead atoms. The molecule has 1 aliphatic heterocycles. The summed E-state index contributed by atoms with van der Waals surface area (Å²) in [6.45, 7) is 5.46. The van der Waals surface area contributed by atoms with Gasteiger partial charge in [0, 0.05) is 53.2 Å². The van der Waals surface area contributed by atoms with Gasteiger partial charge >= 0.3 is 0 Å². The summed E-state index contributed by atoms with van der Waals surface area (Å²) in [6, 6.07) is 25.8. The molecule has 3 atom stereocenters. The van der Waals surface area contributed by atoms with E-state index in [0.717, 1.165) is 29.4 Å². The van der Waals surface area contributed by atoms with Gasteiger partial charge in [-0.3, -0.25) is 9.59 Å². The van der Waals surface area contributed by atoms with Crippen LogP contribution in [0.2, 0.25) is 5.02 Å². The Morgan fingerprint density at radius 3 is 2.54 bits per heavy atom. The fraction of sp³-hybridized carbons (Fsp3) is 0.394. The lowest BCUT2D eigenvalue weighted by Gasteiger charge is -2.28. The minimum atomic E-state index is -0.322. The number of halogens is 2. The maximum atomic E-state index is 13.8. The predicted octanol–water partition coefficient (Wildman–Crippen LogP) is 5.94. The van der Waals surface area contributed by atoms with Crippen LogP contribution in [0.1, 0.15) is 59.2 Å². The van der Waals surface area contributed by atoms with Crippen LogP contribution in [0.15, 0.2) is 78.9 Å². The molecule has 8 heteroatoms. The highest BCUT2D eigenvalue weighted by atomic mass is 127. The first-order chi connectivity index (χ1) is 20.0. The molecule has 1 saturated heterocycles. The molecule has 0 saturated carbocycles. The summed E-state index contributed by atoms with van der Waals surface area (Å²) in [5.41, 5.74) is 4.03. The number of rotatable bonds is 13. The molecule has 6 nitrogen and oxygen atoms in total. The third kappa shape index (κ3) is 9.26. The molecule has 41 heavy (non-hydrogen) atoms. The van der Waals surface area contributed by atoms with Crippen LogP contribution in [-0.4, -0.2) is 55.0 Å². The summed E-state index contributed by atoms with van der Waals surface area (Å²) in [7, 11) is 0. The maximum Gasteiger partial charge on any atom is 0.251 e. The zero-order valence-electron chi connectivity index (χ0n) is 23.6. The minimum absolute atomic E-state index is 0.0137. The van der Waals surface area contributed by atoms with Gasteiger partial charge in [0.05, 0.1) is 6.04 Å². The van der Waals surface area contributed by atoms with E-state index in [1.165, 1.54) is 11.1 Å². The third-order valence-electron chi connectivity index (χ3n) is 7.74. The van der Waals surface area contributed by atoms with Crippen LogP contribution in [0.5, 0.6) is 0 Å². The zero-order chi connectivity index (χ0) is 29.0. The normalized spacial score (nSPS) is 18.1. The summed E-state index contributed by atoms with van der Waals surface area (Å²) in [4.78, 5) is 28.8. The van der Waals surface area contributed by atoms with Crippen LogP contribution in [0.4, 0.5) is 0 Å². The molecule has 0 unspecified atom stereocenters. The average Bonchev–Trinajstić information content (AvgIpc) is 3.16. The van der Waals surface area contributed by atoms with Crippen molar-refractivity contribution in [2.45, 2.75) is 55.2 Å². The van der Waals surface area contributed by atoms with E-state index in [1.807, 2.05) is 35.2 Å². The Bertz CT molecular complexity index is 1260. The van der Waals surface area contributed by atoms with Gasteiger partial charge in [-0.25, -0.2) is 0 Å². The van der Waals surface area contributed by atoms with Gasteiger partial charge in [0.15, 0.2) is 0 Å². The first kappa shape index (κ1) is 31.5. The molecule has 3 aromatic carbocycles. The SMILES string of the molecule is CC[C@H](CN1CC[C@@H](CNC(=O)c2ccc(Cl)c(CI)c2)N[C@@H](CCNCc2ccccc2)C1=O)c1ccccc1. The molecule has 0 aliphatic carbocycles. The highest BCUT2D eigenvalue weighted by Gasteiger charge is 2.32. The molecule has 0 radical (unpaired) electrons. The molecule has 2 amide bonds. The van der Waals surface area contributed by atoms with E-state index in [1.54, 1.807) is 12.1 Å². The van der Waals surface area contributed by atoms with E-state index >= 15 is 0 Å². The van der Waals surface area contributed by atoms with Gasteiger partial charge in [0.25, 0.3) is 5.91 Å². The zero-order valence-corrected chi connectivity index (χ0v) is 26.5. The number of hydrogen-bond acceptors (Lipinski definition) is 4. The number of carbonyl (C=O) groups excluding carboxylic acids is 2. The van der Waals surface area contributed by atoms with Crippen LogP contribution in [-0.2, 0) is 15.8 Å². The first-order valence-electron chi connectivity index (χ1n) is 14.5. The molecule has 0 spiro atoms. The molecule has 4 rings (SSSR count). The Labute approximate surface area is 262 Å². The highest BCUT2D eigenvalue weighted by molar-refractivity contribution is 14.1. The summed E-state index contributed by atoms with van der Waals surface area (Å²) in [6.07, 6.45) is 2.40. The molecule has 3 aromatic rings. The quantitative estimate of drug-likeness (QED) is 0.118. The predicted molar refractivity (Wildman–Crippen MR) is 176 cm³/mol. The second kappa shape index (κ2) is 16.2. The third-order valence-corrected chi connectivity index (χ3v) is 8.93. The maximum absolute atomic E-state index is 13.8. The van der Waals surface area contributed by atoms with Gasteiger partial charge in [-0.15, -0.1) is 0 Å². The van der Waals surface area contributed by atoms with Crippen molar-refractivity contribution in [2.24, 2.45) is 0 Å². The molecular weight excluding hydrogens is 647 g/mol. The molecule has 1 aliphatic rings. The lowest BCUT2D eigenvalue weighted by atomic mass is 9.95. The van der Waals surface area contributed by atoms with Crippen LogP contribution >= 0.6 is 34.2 Å². The second-order valence-electron chi connectivity index (χ2n) is 10.6. The first-order valence-corrected chi connectivity index (χ1v) is 16.4. The molecular formula is C33H40ClIN4O2. The van der Waals surface area contributed by atoms with Gasteiger partial charge in [0.1, 0.15) is 0 Å². The Balaban J connectivity index is 1.41. The van der Waals surface area contributed by atoms with Gasteiger partial charge in [-0.2, -0.15) is 0 Å². The Hall–Kier alpha value is -2.46. The van der Waals surface area contributed by atoms with E-state index in [0.29, 0.717) is 43.2 Å². The largest absolute Gasteiger partial charge is 0.350 e. The van der Waals surface area contributed by atoms with Crippen LogP contribution < -0.4 is 16.0 Å². The fourth-order valence-corrected chi connectivity index (χ4v) is 6.34. The number of benzene rings is 3. The van der Waals surface area contributed by atoms with Crippen LogP contribution in [0.25, 0.3) is 0 Å². The van der Waals surface area contributed by atoms with Crippen molar-refractivity contribution in [3.05, 3.63) is 106 Å². The van der Waals surface area contributed by atoms with E-state index in [9.17, 15) is 9.59 Å². The summed E-state index contributed by atoms with van der Waals surface area (Å²) >= 11 is 8.49. The lowest BCUT2D eigenvalue weighted by Crippen LogP contribution is -2.50. The average molecular weight is 687 g/mol. The summed E-state index contributed by atoms with van der Waals surface area (Å²) < 4.78 is 0.738. The Morgan fingerprint density at radius 2 is 1.83 bits per heavy atom.